The molecule has 1 aliphatic heterocycles. The van der Waals surface area contributed by atoms with Gasteiger partial charge >= 0.3 is 17.6 Å². The van der Waals surface area contributed by atoms with Crippen LogP contribution in [-0.4, -0.2) is 50.0 Å². The first kappa shape index (κ1) is 15.1. The van der Waals surface area contributed by atoms with Crippen LogP contribution in [-0.2, 0) is 11.3 Å². The predicted octanol–water partition coefficient (Wildman–Crippen LogP) is 0.131. The van der Waals surface area contributed by atoms with Gasteiger partial charge in [-0.3, -0.25) is 4.79 Å². The SMILES string of the molecule is O=C(NC[C@@H]1CCCO1)c1nc(Cn2ccc([N+](=O)[O-])n2)no1. The van der Waals surface area contributed by atoms with Gasteiger partial charge in [-0.2, -0.15) is 9.67 Å². The number of nitrogens with zero attached hydrogens (tertiary/aromatic N) is 5. The van der Waals surface area contributed by atoms with E-state index < -0.39 is 10.8 Å². The first-order valence-corrected chi connectivity index (χ1v) is 7.02. The van der Waals surface area contributed by atoms with Crippen LogP contribution in [0.2, 0.25) is 0 Å². The summed E-state index contributed by atoms with van der Waals surface area (Å²) in [6.07, 6.45) is 3.34. The molecule has 11 heteroatoms. The normalized spacial score (nSPS) is 17.3. The molecule has 1 N–H and O–H groups in total. The van der Waals surface area contributed by atoms with Gasteiger partial charge < -0.3 is 24.7 Å². The molecule has 0 aromatic carbocycles. The zero-order valence-corrected chi connectivity index (χ0v) is 12.0. The molecule has 2 aromatic heterocycles. The zero-order chi connectivity index (χ0) is 16.2. The summed E-state index contributed by atoms with van der Waals surface area (Å²) in [4.78, 5) is 25.8. The van der Waals surface area contributed by atoms with Crippen LogP contribution in [0.5, 0.6) is 0 Å². The summed E-state index contributed by atoms with van der Waals surface area (Å²) in [6.45, 7) is 1.17. The maximum Gasteiger partial charge on any atom is 0.389 e. The minimum atomic E-state index is -0.601. The monoisotopic (exact) mass is 322 g/mol. The molecule has 1 atom stereocenters. The van der Waals surface area contributed by atoms with Crippen LogP contribution in [0.4, 0.5) is 5.82 Å². The van der Waals surface area contributed by atoms with Crippen molar-refractivity contribution in [2.75, 3.05) is 13.2 Å². The molecule has 0 spiro atoms. The van der Waals surface area contributed by atoms with Crippen LogP contribution in [0.15, 0.2) is 16.8 Å². The number of carbonyl (C=O) groups is 1. The number of aromatic nitrogens is 4. The van der Waals surface area contributed by atoms with Crippen LogP contribution in [0.3, 0.4) is 0 Å². The van der Waals surface area contributed by atoms with Crippen molar-refractivity contribution in [3.05, 3.63) is 34.1 Å². The molecule has 3 heterocycles. The van der Waals surface area contributed by atoms with Gasteiger partial charge in [-0.05, 0) is 17.8 Å². The fraction of sp³-hybridized carbons (Fsp3) is 0.500. The molecule has 1 aliphatic rings. The average Bonchev–Trinajstić information content (AvgIpc) is 3.27. The highest BCUT2D eigenvalue weighted by Crippen LogP contribution is 2.11. The second kappa shape index (κ2) is 6.52. The Labute approximate surface area is 129 Å². The van der Waals surface area contributed by atoms with E-state index in [9.17, 15) is 14.9 Å². The molecule has 11 nitrogen and oxygen atoms in total. The van der Waals surface area contributed by atoms with Crippen molar-refractivity contribution in [2.24, 2.45) is 0 Å². The Balaban J connectivity index is 1.56. The molecule has 0 aliphatic carbocycles. The lowest BCUT2D eigenvalue weighted by Gasteiger charge is -2.08. The largest absolute Gasteiger partial charge is 0.389 e. The third-order valence-corrected chi connectivity index (χ3v) is 3.29. The number of nitrogens with one attached hydrogen (secondary N) is 1. The molecule has 1 amide bonds. The van der Waals surface area contributed by atoms with Gasteiger partial charge in [0, 0.05) is 13.2 Å². The molecule has 0 radical (unpaired) electrons. The Morgan fingerprint density at radius 2 is 2.43 bits per heavy atom. The number of amides is 1. The summed E-state index contributed by atoms with van der Waals surface area (Å²) in [6, 6.07) is 1.26. The van der Waals surface area contributed by atoms with Gasteiger partial charge in [0.15, 0.2) is 5.82 Å². The number of hydrogen-bond acceptors (Lipinski definition) is 8. The topological polar surface area (TPSA) is 138 Å². The lowest BCUT2D eigenvalue weighted by atomic mass is 10.2. The lowest BCUT2D eigenvalue weighted by molar-refractivity contribution is -0.389. The van der Waals surface area contributed by atoms with Crippen molar-refractivity contribution in [3.8, 4) is 0 Å². The van der Waals surface area contributed by atoms with Crippen molar-refractivity contribution >= 4 is 11.7 Å². The zero-order valence-electron chi connectivity index (χ0n) is 12.0. The van der Waals surface area contributed by atoms with E-state index in [1.807, 2.05) is 0 Å². The summed E-state index contributed by atoms with van der Waals surface area (Å²) < 4.78 is 11.6. The van der Waals surface area contributed by atoms with Crippen LogP contribution >= 0.6 is 0 Å². The van der Waals surface area contributed by atoms with E-state index in [1.54, 1.807) is 0 Å². The molecule has 23 heavy (non-hydrogen) atoms. The van der Waals surface area contributed by atoms with E-state index in [-0.39, 0.29) is 30.2 Å². The van der Waals surface area contributed by atoms with Gasteiger partial charge in [0.2, 0.25) is 0 Å². The molecule has 122 valence electrons. The molecular formula is C12H14N6O5. The fourth-order valence-electron chi connectivity index (χ4n) is 2.18. The second-order valence-electron chi connectivity index (χ2n) is 4.99. The summed E-state index contributed by atoms with van der Waals surface area (Å²) in [7, 11) is 0. The Kier molecular flexibility index (Phi) is 4.28. The molecule has 0 saturated carbocycles. The van der Waals surface area contributed by atoms with Crippen molar-refractivity contribution in [1.29, 1.82) is 0 Å². The van der Waals surface area contributed by atoms with Gasteiger partial charge in [0.05, 0.1) is 23.5 Å². The van der Waals surface area contributed by atoms with Gasteiger partial charge in [0.25, 0.3) is 0 Å². The first-order chi connectivity index (χ1) is 11.1. The molecule has 1 fully saturated rings. The van der Waals surface area contributed by atoms with E-state index in [4.69, 9.17) is 9.26 Å². The van der Waals surface area contributed by atoms with Crippen LogP contribution < -0.4 is 5.32 Å². The Hall–Kier alpha value is -2.82. The van der Waals surface area contributed by atoms with Gasteiger partial charge in [-0.1, -0.05) is 5.16 Å². The maximum absolute atomic E-state index is 11.9. The number of nitro groups is 1. The molecular weight excluding hydrogens is 308 g/mol. The average molecular weight is 322 g/mol. The van der Waals surface area contributed by atoms with Crippen LogP contribution in [0, 0.1) is 10.1 Å². The highest BCUT2D eigenvalue weighted by atomic mass is 16.6. The van der Waals surface area contributed by atoms with Crippen molar-refractivity contribution in [2.45, 2.75) is 25.5 Å². The second-order valence-corrected chi connectivity index (χ2v) is 4.99. The van der Waals surface area contributed by atoms with E-state index in [2.05, 4.69) is 20.6 Å². The maximum atomic E-state index is 11.9. The Morgan fingerprint density at radius 1 is 1.57 bits per heavy atom. The standard InChI is InChI=1S/C12H14N6O5/c19-11(13-6-8-2-1-5-22-8)12-14-9(16-23-12)7-17-4-3-10(15-17)18(20)21/h3-4,8H,1-2,5-7H2,(H,13,19)/t8-/m0/s1. The van der Waals surface area contributed by atoms with E-state index in [0.717, 1.165) is 12.8 Å². The van der Waals surface area contributed by atoms with E-state index in [0.29, 0.717) is 13.2 Å². The summed E-state index contributed by atoms with van der Waals surface area (Å²) in [5.74, 6) is -0.723. The quantitative estimate of drug-likeness (QED) is 0.585. The fourth-order valence-corrected chi connectivity index (χ4v) is 2.18. The number of hydrogen-bond donors (Lipinski definition) is 1. The third-order valence-electron chi connectivity index (χ3n) is 3.29. The molecule has 2 aromatic rings. The molecule has 3 rings (SSSR count). The first-order valence-electron chi connectivity index (χ1n) is 7.02. The van der Waals surface area contributed by atoms with Gasteiger partial charge in [-0.25, -0.2) is 0 Å². The number of rotatable bonds is 6. The minimum Gasteiger partial charge on any atom is -0.376 e. The van der Waals surface area contributed by atoms with Crippen molar-refractivity contribution in [1.82, 2.24) is 25.2 Å². The van der Waals surface area contributed by atoms with Crippen molar-refractivity contribution in [3.63, 3.8) is 0 Å². The summed E-state index contributed by atoms with van der Waals surface area (Å²) in [5.41, 5.74) is 0. The Morgan fingerprint density at radius 3 is 3.13 bits per heavy atom. The van der Waals surface area contributed by atoms with Crippen LogP contribution in [0.25, 0.3) is 0 Å². The number of carbonyl (C=O) groups excluding carboxylic acids is 1. The smallest absolute Gasteiger partial charge is 0.376 e. The van der Waals surface area contributed by atoms with Gasteiger partial charge in [-0.15, -0.1) is 0 Å². The Bertz CT molecular complexity index is 704. The highest BCUT2D eigenvalue weighted by molar-refractivity contribution is 5.89. The number of ether oxygens (including phenoxy) is 1. The third kappa shape index (κ3) is 3.69. The van der Waals surface area contributed by atoms with Crippen molar-refractivity contribution < 1.29 is 19.0 Å². The predicted molar refractivity (Wildman–Crippen MR) is 73.6 cm³/mol. The van der Waals surface area contributed by atoms with E-state index in [1.165, 1.54) is 16.9 Å². The molecule has 1 saturated heterocycles. The van der Waals surface area contributed by atoms with Gasteiger partial charge in [0.1, 0.15) is 6.54 Å². The minimum absolute atomic E-state index is 0.0194. The van der Waals surface area contributed by atoms with E-state index >= 15 is 0 Å². The van der Waals surface area contributed by atoms with Crippen LogP contribution in [0.1, 0.15) is 29.4 Å². The summed E-state index contributed by atoms with van der Waals surface area (Å²) >= 11 is 0. The summed E-state index contributed by atoms with van der Waals surface area (Å²) in [5, 5.41) is 20.6. The lowest BCUT2D eigenvalue weighted by Crippen LogP contribution is -2.31. The molecule has 0 bridgehead atoms. The molecule has 0 unspecified atom stereocenters. The highest BCUT2D eigenvalue weighted by Gasteiger charge is 2.20.